The van der Waals surface area contributed by atoms with E-state index in [2.05, 4.69) is 34.0 Å². The Morgan fingerprint density at radius 3 is 2.72 bits per heavy atom. The first-order valence-electron chi connectivity index (χ1n) is 5.66. The molecule has 18 heavy (non-hydrogen) atoms. The maximum absolute atomic E-state index is 10.9. The van der Waals surface area contributed by atoms with Crippen molar-refractivity contribution < 1.29 is 9.90 Å². The van der Waals surface area contributed by atoms with Gasteiger partial charge in [0.1, 0.15) is 18.4 Å². The molecule has 1 aromatic carbocycles. The van der Waals surface area contributed by atoms with Gasteiger partial charge in [-0.25, -0.2) is 0 Å². The standard InChI is InChI=1S/C13H15IN2O2/c1-3-10-11(16-12(7-17)8(2)18)5-4-9(6-15)13(10)14/h4-5,7-8,12,16,18H,3H2,1-2H3/t8-,12-/m0/s1. The molecule has 0 bridgehead atoms. The van der Waals surface area contributed by atoms with E-state index in [9.17, 15) is 9.90 Å². The molecule has 96 valence electrons. The number of anilines is 1. The summed E-state index contributed by atoms with van der Waals surface area (Å²) in [4.78, 5) is 10.9. The van der Waals surface area contributed by atoms with E-state index in [1.807, 2.05) is 6.92 Å². The average molecular weight is 358 g/mol. The lowest BCUT2D eigenvalue weighted by atomic mass is 10.1. The van der Waals surface area contributed by atoms with Crippen molar-refractivity contribution in [1.82, 2.24) is 0 Å². The molecule has 1 aromatic rings. The molecule has 4 nitrogen and oxygen atoms in total. The highest BCUT2D eigenvalue weighted by Gasteiger charge is 2.16. The van der Waals surface area contributed by atoms with Crippen molar-refractivity contribution >= 4 is 34.6 Å². The Hall–Kier alpha value is -1.13. The van der Waals surface area contributed by atoms with Crippen molar-refractivity contribution in [1.29, 1.82) is 5.26 Å². The number of aldehydes is 1. The van der Waals surface area contributed by atoms with E-state index in [0.717, 1.165) is 21.2 Å². The number of carbonyl (C=O) groups is 1. The van der Waals surface area contributed by atoms with Crippen LogP contribution >= 0.6 is 22.6 Å². The number of nitrogens with one attached hydrogen (secondary N) is 1. The number of hydrogen-bond donors (Lipinski definition) is 2. The van der Waals surface area contributed by atoms with Crippen LogP contribution in [-0.4, -0.2) is 23.5 Å². The van der Waals surface area contributed by atoms with Crippen LogP contribution in [0.5, 0.6) is 0 Å². The van der Waals surface area contributed by atoms with Gasteiger partial charge < -0.3 is 15.2 Å². The molecule has 0 radical (unpaired) electrons. The number of hydrogen-bond acceptors (Lipinski definition) is 4. The predicted octanol–water partition coefficient (Wildman–Crippen LogP) is 2.09. The van der Waals surface area contributed by atoms with E-state index in [0.29, 0.717) is 11.8 Å². The quantitative estimate of drug-likeness (QED) is 0.625. The number of nitriles is 1. The van der Waals surface area contributed by atoms with E-state index < -0.39 is 12.1 Å². The van der Waals surface area contributed by atoms with Gasteiger partial charge in [-0.2, -0.15) is 5.26 Å². The van der Waals surface area contributed by atoms with Gasteiger partial charge in [0.2, 0.25) is 0 Å². The van der Waals surface area contributed by atoms with Crippen LogP contribution in [-0.2, 0) is 11.2 Å². The summed E-state index contributed by atoms with van der Waals surface area (Å²) in [6, 6.07) is 4.98. The van der Waals surface area contributed by atoms with Gasteiger partial charge in [-0.15, -0.1) is 0 Å². The predicted molar refractivity (Wildman–Crippen MR) is 78.4 cm³/mol. The van der Waals surface area contributed by atoms with Gasteiger partial charge in [-0.1, -0.05) is 6.92 Å². The number of halogens is 1. The van der Waals surface area contributed by atoms with Crippen LogP contribution in [0, 0.1) is 14.9 Å². The number of aliphatic hydroxyl groups is 1. The van der Waals surface area contributed by atoms with Gasteiger partial charge >= 0.3 is 0 Å². The zero-order valence-corrected chi connectivity index (χ0v) is 12.4. The van der Waals surface area contributed by atoms with Crippen LogP contribution in [0.4, 0.5) is 5.69 Å². The van der Waals surface area contributed by atoms with Crippen LogP contribution in [0.25, 0.3) is 0 Å². The number of aliphatic hydroxyl groups excluding tert-OH is 1. The fourth-order valence-corrected chi connectivity index (χ4v) is 2.61. The molecule has 0 aromatic heterocycles. The number of carbonyl (C=O) groups excluding carboxylic acids is 1. The Bertz CT molecular complexity index is 481. The third-order valence-electron chi connectivity index (χ3n) is 2.71. The largest absolute Gasteiger partial charge is 0.391 e. The minimum absolute atomic E-state index is 0.623. The van der Waals surface area contributed by atoms with Gasteiger partial charge in [0.15, 0.2) is 0 Å². The molecule has 1 rings (SSSR count). The minimum atomic E-state index is -0.763. The highest BCUT2D eigenvalue weighted by atomic mass is 127. The molecular formula is C13H15IN2O2. The van der Waals surface area contributed by atoms with Crippen molar-refractivity contribution in [3.05, 3.63) is 26.8 Å². The molecule has 2 N–H and O–H groups in total. The Balaban J connectivity index is 3.14. The lowest BCUT2D eigenvalue weighted by molar-refractivity contribution is -0.110. The highest BCUT2D eigenvalue weighted by molar-refractivity contribution is 14.1. The van der Waals surface area contributed by atoms with Crippen molar-refractivity contribution in [3.8, 4) is 6.07 Å². The Morgan fingerprint density at radius 2 is 2.28 bits per heavy atom. The Morgan fingerprint density at radius 1 is 1.61 bits per heavy atom. The first kappa shape index (κ1) is 14.9. The van der Waals surface area contributed by atoms with Gasteiger partial charge in [0, 0.05) is 9.26 Å². The normalized spacial score (nSPS) is 13.5. The summed E-state index contributed by atoms with van der Waals surface area (Å²) in [6.45, 7) is 3.55. The molecule has 0 saturated carbocycles. The zero-order chi connectivity index (χ0) is 13.7. The summed E-state index contributed by atoms with van der Waals surface area (Å²) in [5.74, 6) is 0. The van der Waals surface area contributed by atoms with Crippen LogP contribution in [0.2, 0.25) is 0 Å². The fraction of sp³-hybridized carbons (Fsp3) is 0.385. The molecule has 5 heteroatoms. The maximum atomic E-state index is 10.9. The summed E-state index contributed by atoms with van der Waals surface area (Å²) in [7, 11) is 0. The third kappa shape index (κ3) is 3.21. The van der Waals surface area contributed by atoms with Crippen LogP contribution in [0.15, 0.2) is 12.1 Å². The van der Waals surface area contributed by atoms with Crippen molar-refractivity contribution in [2.24, 2.45) is 0 Å². The third-order valence-corrected chi connectivity index (χ3v) is 3.94. The first-order valence-corrected chi connectivity index (χ1v) is 6.74. The van der Waals surface area contributed by atoms with Crippen LogP contribution in [0.3, 0.4) is 0 Å². The van der Waals surface area contributed by atoms with Gasteiger partial charge in [-0.05, 0) is 53.6 Å². The SMILES string of the molecule is CCc1c(N[C@@H](C=O)[C@H](C)O)ccc(C#N)c1I. The number of rotatable bonds is 5. The van der Waals surface area contributed by atoms with E-state index in [1.165, 1.54) is 0 Å². The first-order chi connectivity index (χ1) is 8.54. The molecule has 0 unspecified atom stereocenters. The number of benzene rings is 1. The minimum Gasteiger partial charge on any atom is -0.391 e. The molecule has 0 aliphatic carbocycles. The summed E-state index contributed by atoms with van der Waals surface area (Å²) in [6.07, 6.45) is 0.678. The highest BCUT2D eigenvalue weighted by Crippen LogP contribution is 2.26. The maximum Gasteiger partial charge on any atom is 0.144 e. The van der Waals surface area contributed by atoms with Crippen molar-refractivity contribution in [2.45, 2.75) is 32.4 Å². The van der Waals surface area contributed by atoms with Gasteiger partial charge in [0.25, 0.3) is 0 Å². The monoisotopic (exact) mass is 358 g/mol. The molecule has 0 saturated heterocycles. The molecular weight excluding hydrogens is 343 g/mol. The zero-order valence-electron chi connectivity index (χ0n) is 10.3. The molecule has 0 fully saturated rings. The Kier molecular flexibility index (Phi) is 5.56. The van der Waals surface area contributed by atoms with E-state index in [4.69, 9.17) is 5.26 Å². The van der Waals surface area contributed by atoms with Crippen molar-refractivity contribution in [3.63, 3.8) is 0 Å². The lowest BCUT2D eigenvalue weighted by Crippen LogP contribution is -2.33. The van der Waals surface area contributed by atoms with Crippen LogP contribution < -0.4 is 5.32 Å². The van der Waals surface area contributed by atoms with E-state index in [1.54, 1.807) is 19.1 Å². The van der Waals surface area contributed by atoms with E-state index in [-0.39, 0.29) is 0 Å². The molecule has 0 aliphatic rings. The number of nitrogens with zero attached hydrogens (tertiary/aromatic N) is 1. The summed E-state index contributed by atoms with van der Waals surface area (Å²) in [5, 5.41) is 21.4. The molecule has 0 heterocycles. The lowest BCUT2D eigenvalue weighted by Gasteiger charge is -2.20. The van der Waals surface area contributed by atoms with Gasteiger partial charge in [0.05, 0.1) is 11.7 Å². The second kappa shape index (κ2) is 6.71. The van der Waals surface area contributed by atoms with Crippen molar-refractivity contribution in [2.75, 3.05) is 5.32 Å². The molecule has 0 amide bonds. The summed E-state index contributed by atoms with van der Waals surface area (Å²) in [5.41, 5.74) is 2.40. The summed E-state index contributed by atoms with van der Waals surface area (Å²) >= 11 is 2.13. The molecule has 0 spiro atoms. The molecule has 2 atom stereocenters. The Labute approximate surface area is 120 Å². The van der Waals surface area contributed by atoms with Gasteiger partial charge in [-0.3, -0.25) is 0 Å². The average Bonchev–Trinajstić information content (AvgIpc) is 2.35. The second-order valence-corrected chi connectivity index (χ2v) is 5.04. The van der Waals surface area contributed by atoms with E-state index >= 15 is 0 Å². The smallest absolute Gasteiger partial charge is 0.144 e. The summed E-state index contributed by atoms with van der Waals surface area (Å²) < 4.78 is 0.887. The molecule has 0 aliphatic heterocycles. The topological polar surface area (TPSA) is 73.1 Å². The second-order valence-electron chi connectivity index (χ2n) is 3.97. The van der Waals surface area contributed by atoms with Crippen LogP contribution in [0.1, 0.15) is 25.0 Å². The fourth-order valence-electron chi connectivity index (χ4n) is 1.64.